The zero-order chi connectivity index (χ0) is 37.1. The Morgan fingerprint density at radius 2 is 0.558 bits per heavy atom. The third-order valence-corrected chi connectivity index (χ3v) is 7.11. The smallest absolute Gasteiger partial charge is 0.119 e. The van der Waals surface area contributed by atoms with Crippen molar-refractivity contribution in [1.29, 1.82) is 0 Å². The molecule has 52 heavy (non-hydrogen) atoms. The lowest BCUT2D eigenvalue weighted by Crippen LogP contribution is -2.15. The highest BCUT2D eigenvalue weighted by Gasteiger charge is 1.98. The fraction of sp³-hybridized carbons (Fsp3) is 0.842. The second-order valence-electron chi connectivity index (χ2n) is 11.5. The van der Waals surface area contributed by atoms with Gasteiger partial charge in [0.1, 0.15) is 12.4 Å². The van der Waals surface area contributed by atoms with Gasteiger partial charge >= 0.3 is 0 Å². The predicted octanol–water partition coefficient (Wildman–Crippen LogP) is 4.21. The molecule has 0 saturated carbocycles. The van der Waals surface area contributed by atoms with E-state index in [2.05, 4.69) is 6.92 Å². The van der Waals surface area contributed by atoms with Crippen LogP contribution in [0.2, 0.25) is 0 Å². The number of unbranched alkanes of at least 4 members (excludes halogenated alkanes) is 5. The SMILES string of the molecule is CCCCCCCCOCCOCCOCCOCCOCCOCCOCCOCCOCCOCCOCCOCCOc1ccc(N)cc1. The van der Waals surface area contributed by atoms with E-state index in [4.69, 9.17) is 67.3 Å². The van der Waals surface area contributed by atoms with Crippen molar-refractivity contribution in [1.82, 2.24) is 0 Å². The number of nitrogen functional groups attached to an aromatic ring is 1. The molecule has 0 amide bonds. The van der Waals surface area contributed by atoms with Crippen LogP contribution in [0.5, 0.6) is 5.75 Å². The fourth-order valence-corrected chi connectivity index (χ4v) is 4.29. The molecule has 306 valence electrons. The van der Waals surface area contributed by atoms with Gasteiger partial charge in [-0.3, -0.25) is 0 Å². The standard InChI is InChI=1S/C38H71NO13/c1-2-3-4-5-6-7-12-40-13-14-41-15-16-42-17-18-43-19-20-44-21-22-45-23-24-46-25-26-47-27-28-48-29-30-49-31-32-50-33-34-51-35-36-52-38-10-8-37(39)9-11-38/h8-11H,2-7,12-36,39H2,1H3. The number of rotatable bonds is 44. The number of nitrogens with two attached hydrogens (primary N) is 1. The van der Waals surface area contributed by atoms with Gasteiger partial charge in [-0.25, -0.2) is 0 Å². The van der Waals surface area contributed by atoms with E-state index >= 15 is 0 Å². The molecular weight excluding hydrogens is 678 g/mol. The van der Waals surface area contributed by atoms with Crippen LogP contribution in [0.15, 0.2) is 24.3 Å². The van der Waals surface area contributed by atoms with Crippen molar-refractivity contribution in [2.24, 2.45) is 0 Å². The van der Waals surface area contributed by atoms with Crippen molar-refractivity contribution in [2.75, 3.05) is 171 Å². The summed E-state index contributed by atoms with van der Waals surface area (Å²) in [6, 6.07) is 7.27. The van der Waals surface area contributed by atoms with Crippen molar-refractivity contribution in [2.45, 2.75) is 45.4 Å². The molecule has 0 aliphatic rings. The first-order valence-corrected chi connectivity index (χ1v) is 19.2. The summed E-state index contributed by atoms with van der Waals surface area (Å²) in [6.07, 6.45) is 7.67. The highest BCUT2D eigenvalue weighted by atomic mass is 16.6. The van der Waals surface area contributed by atoms with Crippen LogP contribution in [0.25, 0.3) is 0 Å². The first-order chi connectivity index (χ1) is 25.8. The lowest BCUT2D eigenvalue weighted by molar-refractivity contribution is -0.0285. The maximum absolute atomic E-state index is 5.65. The molecular formula is C38H71NO13. The van der Waals surface area contributed by atoms with Gasteiger partial charge in [0.15, 0.2) is 0 Å². The van der Waals surface area contributed by atoms with Gasteiger partial charge in [0.2, 0.25) is 0 Å². The molecule has 0 aliphatic carbocycles. The van der Waals surface area contributed by atoms with E-state index in [1.54, 1.807) is 12.1 Å². The third-order valence-electron chi connectivity index (χ3n) is 7.11. The van der Waals surface area contributed by atoms with Gasteiger partial charge in [-0.1, -0.05) is 39.0 Å². The Morgan fingerprint density at radius 3 is 0.865 bits per heavy atom. The first kappa shape index (κ1) is 48.4. The Labute approximate surface area is 313 Å². The van der Waals surface area contributed by atoms with Crippen molar-refractivity contribution in [3.63, 3.8) is 0 Å². The molecule has 14 heteroatoms. The summed E-state index contributed by atoms with van der Waals surface area (Å²) < 4.78 is 71.6. The van der Waals surface area contributed by atoms with Crippen LogP contribution in [0, 0.1) is 0 Å². The van der Waals surface area contributed by atoms with Gasteiger partial charge in [-0.05, 0) is 30.7 Å². The molecule has 0 aromatic heterocycles. The Kier molecular flexibility index (Phi) is 39.1. The van der Waals surface area contributed by atoms with Crippen molar-refractivity contribution in [3.05, 3.63) is 24.3 Å². The molecule has 0 aliphatic heterocycles. The quantitative estimate of drug-likeness (QED) is 0.0751. The number of hydrogen-bond acceptors (Lipinski definition) is 14. The van der Waals surface area contributed by atoms with E-state index in [0.717, 1.165) is 18.8 Å². The number of hydrogen-bond donors (Lipinski definition) is 1. The summed E-state index contributed by atoms with van der Waals surface area (Å²) in [5, 5.41) is 0. The summed E-state index contributed by atoms with van der Waals surface area (Å²) in [6.45, 7) is 15.6. The minimum absolute atomic E-state index is 0.475. The number of benzene rings is 1. The van der Waals surface area contributed by atoms with Crippen LogP contribution in [0.4, 0.5) is 5.69 Å². The summed E-state index contributed by atoms with van der Waals surface area (Å²) in [5.74, 6) is 0.772. The number of ether oxygens (including phenoxy) is 13. The second-order valence-corrected chi connectivity index (χ2v) is 11.5. The largest absolute Gasteiger partial charge is 0.491 e. The van der Waals surface area contributed by atoms with Crippen molar-refractivity contribution >= 4 is 5.69 Å². The minimum Gasteiger partial charge on any atom is -0.491 e. The summed E-state index contributed by atoms with van der Waals surface area (Å²) in [7, 11) is 0. The van der Waals surface area contributed by atoms with Crippen LogP contribution in [0.1, 0.15) is 45.4 Å². The highest BCUT2D eigenvalue weighted by molar-refractivity contribution is 5.41. The summed E-state index contributed by atoms with van der Waals surface area (Å²) in [5.41, 5.74) is 6.36. The molecule has 0 heterocycles. The van der Waals surface area contributed by atoms with Crippen molar-refractivity contribution in [3.8, 4) is 5.75 Å². The van der Waals surface area contributed by atoms with E-state index in [9.17, 15) is 0 Å². The van der Waals surface area contributed by atoms with Crippen LogP contribution in [0.3, 0.4) is 0 Å². The maximum atomic E-state index is 5.65. The second kappa shape index (κ2) is 42.1. The molecule has 0 bridgehead atoms. The molecule has 1 aromatic carbocycles. The van der Waals surface area contributed by atoms with E-state index in [0.29, 0.717) is 164 Å². The van der Waals surface area contributed by atoms with Crippen LogP contribution >= 0.6 is 0 Å². The van der Waals surface area contributed by atoms with Gasteiger partial charge in [0.05, 0.1) is 152 Å². The van der Waals surface area contributed by atoms with Gasteiger partial charge in [-0.15, -0.1) is 0 Å². The molecule has 1 rings (SSSR count). The Morgan fingerprint density at radius 1 is 0.308 bits per heavy atom. The molecule has 0 radical (unpaired) electrons. The molecule has 0 atom stereocenters. The lowest BCUT2D eigenvalue weighted by atomic mass is 10.1. The molecule has 14 nitrogen and oxygen atoms in total. The topological polar surface area (TPSA) is 146 Å². The zero-order valence-corrected chi connectivity index (χ0v) is 32.1. The molecule has 1 aromatic rings. The van der Waals surface area contributed by atoms with Gasteiger partial charge in [-0.2, -0.15) is 0 Å². The highest BCUT2D eigenvalue weighted by Crippen LogP contribution is 2.12. The fourth-order valence-electron chi connectivity index (χ4n) is 4.29. The summed E-state index contributed by atoms with van der Waals surface area (Å²) >= 11 is 0. The molecule has 2 N–H and O–H groups in total. The molecule has 0 fully saturated rings. The average molecular weight is 750 g/mol. The average Bonchev–Trinajstić information content (AvgIpc) is 3.16. The van der Waals surface area contributed by atoms with Crippen LogP contribution < -0.4 is 10.5 Å². The van der Waals surface area contributed by atoms with Crippen molar-refractivity contribution < 1.29 is 61.6 Å². The van der Waals surface area contributed by atoms with Gasteiger partial charge in [0, 0.05) is 12.3 Å². The molecule has 0 unspecified atom stereocenters. The van der Waals surface area contributed by atoms with E-state index in [1.807, 2.05) is 12.1 Å². The third kappa shape index (κ3) is 38.1. The monoisotopic (exact) mass is 749 g/mol. The lowest BCUT2D eigenvalue weighted by Gasteiger charge is -2.09. The zero-order valence-electron chi connectivity index (χ0n) is 32.1. The van der Waals surface area contributed by atoms with Crippen LogP contribution in [-0.2, 0) is 56.8 Å². The normalized spacial score (nSPS) is 11.5. The summed E-state index contributed by atoms with van der Waals surface area (Å²) in [4.78, 5) is 0. The van der Waals surface area contributed by atoms with Crippen LogP contribution in [-0.4, -0.2) is 165 Å². The predicted molar refractivity (Wildman–Crippen MR) is 200 cm³/mol. The van der Waals surface area contributed by atoms with Gasteiger partial charge < -0.3 is 67.3 Å². The first-order valence-electron chi connectivity index (χ1n) is 19.2. The Balaban J connectivity index is 1.61. The van der Waals surface area contributed by atoms with Gasteiger partial charge in [0.25, 0.3) is 0 Å². The molecule has 0 spiro atoms. The Hall–Kier alpha value is -1.66. The minimum atomic E-state index is 0.475. The van der Waals surface area contributed by atoms with E-state index < -0.39 is 0 Å². The van der Waals surface area contributed by atoms with E-state index in [-0.39, 0.29) is 0 Å². The van der Waals surface area contributed by atoms with E-state index in [1.165, 1.54) is 32.1 Å². The molecule has 0 saturated heterocycles. The Bertz CT molecular complexity index is 810. The maximum Gasteiger partial charge on any atom is 0.119 e. The number of anilines is 1.